The molecule has 0 bridgehead atoms. The summed E-state index contributed by atoms with van der Waals surface area (Å²) in [5.41, 5.74) is 0.421. The lowest BCUT2D eigenvalue weighted by molar-refractivity contribution is -0.150. The summed E-state index contributed by atoms with van der Waals surface area (Å²) in [5.74, 6) is -2.03. The fourth-order valence-corrected chi connectivity index (χ4v) is 3.00. The van der Waals surface area contributed by atoms with Crippen LogP contribution < -0.4 is 10.1 Å². The van der Waals surface area contributed by atoms with Gasteiger partial charge in [-0.3, -0.25) is 19.3 Å². The zero-order valence-electron chi connectivity index (χ0n) is 15.3. The molecule has 3 amide bonds. The smallest absolute Gasteiger partial charge is 0.331 e. The molecule has 150 valence electrons. The maximum Gasteiger partial charge on any atom is 0.331 e. The number of nitrogens with one attached hydrogen (secondary N) is 1. The monoisotopic (exact) mass is 410 g/mol. The van der Waals surface area contributed by atoms with Crippen LogP contribution in [0.2, 0.25) is 0 Å². The van der Waals surface area contributed by atoms with Gasteiger partial charge in [0, 0.05) is 19.2 Å². The van der Waals surface area contributed by atoms with Crippen molar-refractivity contribution in [2.75, 3.05) is 26.0 Å². The lowest BCUT2D eigenvalue weighted by Crippen LogP contribution is -2.41. The minimum atomic E-state index is -1.08. The van der Waals surface area contributed by atoms with Crippen LogP contribution in [-0.4, -0.2) is 60.0 Å². The highest BCUT2D eigenvalue weighted by atomic mass is 32.2. The largest absolute Gasteiger partial charge is 0.494 e. The van der Waals surface area contributed by atoms with Gasteiger partial charge in [-0.2, -0.15) is 0 Å². The Morgan fingerprint density at radius 1 is 1.39 bits per heavy atom. The summed E-state index contributed by atoms with van der Waals surface area (Å²) in [4.78, 5) is 47.7. The van der Waals surface area contributed by atoms with E-state index in [0.29, 0.717) is 5.56 Å². The number of hydrogen-bond donors (Lipinski definition) is 1. The van der Waals surface area contributed by atoms with Crippen LogP contribution in [0.5, 0.6) is 5.75 Å². The van der Waals surface area contributed by atoms with Crippen LogP contribution in [-0.2, 0) is 19.1 Å². The number of ether oxygens (including phenoxy) is 2. The summed E-state index contributed by atoms with van der Waals surface area (Å²) < 4.78 is 23.4. The van der Waals surface area contributed by atoms with Crippen molar-refractivity contribution >= 4 is 40.9 Å². The molecule has 0 aliphatic carbocycles. The Hall–Kier alpha value is -2.88. The second-order valence-corrected chi connectivity index (χ2v) is 6.62. The number of esters is 1. The fraction of sp³-hybridized carbons (Fsp3) is 0.333. The number of benzene rings is 1. The molecule has 1 N–H and O–H groups in total. The molecule has 1 heterocycles. The van der Waals surface area contributed by atoms with Crippen molar-refractivity contribution in [1.29, 1.82) is 0 Å². The fourth-order valence-electron chi connectivity index (χ4n) is 2.25. The molecule has 28 heavy (non-hydrogen) atoms. The van der Waals surface area contributed by atoms with Crippen molar-refractivity contribution in [2.24, 2.45) is 0 Å². The van der Waals surface area contributed by atoms with E-state index in [2.05, 4.69) is 5.32 Å². The van der Waals surface area contributed by atoms with Crippen LogP contribution >= 0.6 is 11.8 Å². The number of amides is 3. The molecule has 0 unspecified atom stereocenters. The van der Waals surface area contributed by atoms with Crippen LogP contribution in [0.25, 0.3) is 6.08 Å². The predicted octanol–water partition coefficient (Wildman–Crippen LogP) is 1.59. The molecular weight excluding hydrogens is 391 g/mol. The Morgan fingerprint density at radius 3 is 2.75 bits per heavy atom. The normalized spacial score (nSPS) is 15.0. The number of nitrogens with zero attached hydrogens (tertiary/aromatic N) is 1. The zero-order valence-corrected chi connectivity index (χ0v) is 16.1. The summed E-state index contributed by atoms with van der Waals surface area (Å²) in [6.45, 7) is 1.50. The Labute approximate surface area is 165 Å². The quantitative estimate of drug-likeness (QED) is 0.513. The molecule has 0 spiro atoms. The SMILES string of the molecule is COc1ccc(/C=C/C(=O)O[C@@H](C)C(=O)NCCN2C(=O)CSC2=O)cc1F. The Bertz CT molecular complexity index is 797. The lowest BCUT2D eigenvalue weighted by Gasteiger charge is -2.15. The number of imide groups is 1. The van der Waals surface area contributed by atoms with E-state index in [-0.39, 0.29) is 35.7 Å². The molecule has 10 heteroatoms. The summed E-state index contributed by atoms with van der Waals surface area (Å²) in [7, 11) is 1.34. The molecule has 1 aliphatic rings. The van der Waals surface area contributed by atoms with Gasteiger partial charge in [-0.05, 0) is 30.7 Å². The maximum absolute atomic E-state index is 13.6. The highest BCUT2D eigenvalue weighted by molar-refractivity contribution is 8.14. The summed E-state index contributed by atoms with van der Waals surface area (Å²) >= 11 is 0.911. The van der Waals surface area contributed by atoms with Crippen molar-refractivity contribution in [3.05, 3.63) is 35.7 Å². The standard InChI is InChI=1S/C18H19FN2O6S/c1-11(17(24)20-7-8-21-15(22)10-28-18(21)25)27-16(23)6-4-12-3-5-14(26-2)13(19)9-12/h3-6,9,11H,7-8,10H2,1-2H3,(H,20,24)/b6-4+/t11-/m0/s1. The van der Waals surface area contributed by atoms with Gasteiger partial charge in [-0.25, -0.2) is 9.18 Å². The van der Waals surface area contributed by atoms with Crippen molar-refractivity contribution in [3.8, 4) is 5.75 Å². The van der Waals surface area contributed by atoms with Gasteiger partial charge >= 0.3 is 5.97 Å². The molecule has 0 saturated carbocycles. The molecule has 1 atom stereocenters. The third-order valence-corrected chi connectivity index (χ3v) is 4.58. The van der Waals surface area contributed by atoms with E-state index in [9.17, 15) is 23.6 Å². The second kappa shape index (κ2) is 9.88. The molecule has 8 nitrogen and oxygen atoms in total. The third kappa shape index (κ3) is 5.81. The van der Waals surface area contributed by atoms with Crippen LogP contribution in [0.15, 0.2) is 24.3 Å². The average molecular weight is 410 g/mol. The van der Waals surface area contributed by atoms with Gasteiger partial charge in [0.15, 0.2) is 17.7 Å². The number of rotatable bonds is 8. The number of carbonyl (C=O) groups excluding carboxylic acids is 4. The van der Waals surface area contributed by atoms with Crippen molar-refractivity contribution in [1.82, 2.24) is 10.2 Å². The van der Waals surface area contributed by atoms with E-state index in [0.717, 1.165) is 22.7 Å². The van der Waals surface area contributed by atoms with Crippen molar-refractivity contribution < 1.29 is 33.0 Å². The van der Waals surface area contributed by atoms with E-state index < -0.39 is 23.8 Å². The first-order chi connectivity index (χ1) is 13.3. The lowest BCUT2D eigenvalue weighted by atomic mass is 10.2. The van der Waals surface area contributed by atoms with E-state index >= 15 is 0 Å². The molecule has 1 saturated heterocycles. The molecule has 1 aromatic carbocycles. The first-order valence-electron chi connectivity index (χ1n) is 8.29. The highest BCUT2D eigenvalue weighted by Crippen LogP contribution is 2.19. The minimum absolute atomic E-state index is 0.0553. The number of hydrogen-bond acceptors (Lipinski definition) is 7. The van der Waals surface area contributed by atoms with Gasteiger partial charge in [-0.1, -0.05) is 17.8 Å². The van der Waals surface area contributed by atoms with Crippen LogP contribution in [0, 0.1) is 5.82 Å². The van der Waals surface area contributed by atoms with Gasteiger partial charge in [0.05, 0.1) is 12.9 Å². The first kappa shape index (κ1) is 21.4. The first-order valence-corrected chi connectivity index (χ1v) is 9.27. The minimum Gasteiger partial charge on any atom is -0.494 e. The summed E-state index contributed by atoms with van der Waals surface area (Å²) in [6, 6.07) is 4.17. The van der Waals surface area contributed by atoms with E-state index in [1.807, 2.05) is 0 Å². The number of thioether (sulfide) groups is 1. The van der Waals surface area contributed by atoms with Gasteiger partial charge in [-0.15, -0.1) is 0 Å². The molecule has 1 aliphatic heterocycles. The number of halogens is 1. The molecule has 2 rings (SSSR count). The van der Waals surface area contributed by atoms with Crippen LogP contribution in [0.3, 0.4) is 0 Å². The Morgan fingerprint density at radius 2 is 2.14 bits per heavy atom. The molecule has 0 radical (unpaired) electrons. The van der Waals surface area contributed by atoms with E-state index in [4.69, 9.17) is 9.47 Å². The second-order valence-electron chi connectivity index (χ2n) is 5.70. The maximum atomic E-state index is 13.6. The van der Waals surface area contributed by atoms with Crippen molar-refractivity contribution in [3.63, 3.8) is 0 Å². The van der Waals surface area contributed by atoms with Gasteiger partial charge in [0.2, 0.25) is 5.91 Å². The van der Waals surface area contributed by atoms with Crippen molar-refractivity contribution in [2.45, 2.75) is 13.0 Å². The van der Waals surface area contributed by atoms with Gasteiger partial charge in [0.25, 0.3) is 11.1 Å². The molecule has 0 aromatic heterocycles. The number of carbonyl (C=O) groups is 4. The average Bonchev–Trinajstić information content (AvgIpc) is 2.98. The summed E-state index contributed by atoms with van der Waals surface area (Å²) in [6.07, 6.45) is 1.34. The zero-order chi connectivity index (χ0) is 20.7. The van der Waals surface area contributed by atoms with E-state index in [1.54, 1.807) is 6.07 Å². The molecular formula is C18H19FN2O6S. The third-order valence-electron chi connectivity index (χ3n) is 3.73. The Kier molecular flexibility index (Phi) is 7.56. The van der Waals surface area contributed by atoms with Gasteiger partial charge in [0.1, 0.15) is 0 Å². The summed E-state index contributed by atoms with van der Waals surface area (Å²) in [5, 5.41) is 2.14. The topological polar surface area (TPSA) is 102 Å². The Balaban J connectivity index is 1.77. The highest BCUT2D eigenvalue weighted by Gasteiger charge is 2.29. The number of methoxy groups -OCH3 is 1. The predicted molar refractivity (Wildman–Crippen MR) is 100 cm³/mol. The molecule has 1 fully saturated rings. The molecule has 1 aromatic rings. The van der Waals surface area contributed by atoms with Gasteiger partial charge < -0.3 is 14.8 Å². The van der Waals surface area contributed by atoms with Crippen LogP contribution in [0.1, 0.15) is 12.5 Å². The van der Waals surface area contributed by atoms with E-state index in [1.165, 1.54) is 32.2 Å². The van der Waals surface area contributed by atoms with Crippen LogP contribution in [0.4, 0.5) is 9.18 Å².